The molecule has 0 saturated carbocycles. The van der Waals surface area contributed by atoms with Gasteiger partial charge in [-0.1, -0.05) is 48.5 Å². The van der Waals surface area contributed by atoms with E-state index in [9.17, 15) is 22.8 Å². The Morgan fingerprint density at radius 1 is 1.02 bits per heavy atom. The Morgan fingerprint density at radius 3 is 2.24 bits per heavy atom. The Balaban J connectivity index is 1.17. The highest BCUT2D eigenvalue weighted by atomic mass is 32.2. The van der Waals surface area contributed by atoms with Gasteiger partial charge >= 0.3 is 6.09 Å². The molecule has 0 bridgehead atoms. The van der Waals surface area contributed by atoms with Crippen LogP contribution in [0, 0.1) is 5.92 Å². The summed E-state index contributed by atoms with van der Waals surface area (Å²) in [7, 11) is -2.50. The highest BCUT2D eigenvalue weighted by Crippen LogP contribution is 2.60. The number of Topliss-reactive ketones (excluding diaryl/α,β-unsaturated/α-hetero) is 2. The average molecular weight is 592 g/mol. The van der Waals surface area contributed by atoms with Crippen molar-refractivity contribution < 1.29 is 36.5 Å². The molecule has 3 aliphatic heterocycles. The molecule has 11 nitrogen and oxygen atoms in total. The zero-order valence-corrected chi connectivity index (χ0v) is 24.0. The Bertz CT molecular complexity index is 1720. The number of hydrogen-bond acceptors (Lipinski definition) is 10. The fourth-order valence-electron chi connectivity index (χ4n) is 7.42. The lowest BCUT2D eigenvalue weighted by Gasteiger charge is -2.40. The lowest BCUT2D eigenvalue weighted by molar-refractivity contribution is -0.142. The van der Waals surface area contributed by atoms with Crippen LogP contribution in [0.4, 0.5) is 4.79 Å². The molecular formula is C30H29N3O8S. The van der Waals surface area contributed by atoms with Gasteiger partial charge < -0.3 is 20.1 Å². The molecule has 12 heteroatoms. The van der Waals surface area contributed by atoms with E-state index >= 15 is 0 Å². The van der Waals surface area contributed by atoms with Gasteiger partial charge in [0.25, 0.3) is 10.1 Å². The van der Waals surface area contributed by atoms with Crippen molar-refractivity contribution in [2.75, 3.05) is 33.1 Å². The van der Waals surface area contributed by atoms with Crippen molar-refractivity contribution in [1.82, 2.24) is 9.80 Å². The summed E-state index contributed by atoms with van der Waals surface area (Å²) in [6.45, 7) is 1.34. The summed E-state index contributed by atoms with van der Waals surface area (Å²) in [6, 6.07) is 15.1. The number of benzene rings is 2. The van der Waals surface area contributed by atoms with Gasteiger partial charge in [0, 0.05) is 30.7 Å². The van der Waals surface area contributed by atoms with Crippen molar-refractivity contribution >= 4 is 27.8 Å². The topological polar surface area (TPSA) is 145 Å². The molecule has 2 N–H and O–H groups in total. The van der Waals surface area contributed by atoms with Crippen LogP contribution in [0.2, 0.25) is 0 Å². The van der Waals surface area contributed by atoms with E-state index in [4.69, 9.17) is 19.4 Å². The molecular weight excluding hydrogens is 562 g/mol. The molecule has 4 atom stereocenters. The van der Waals surface area contributed by atoms with Gasteiger partial charge in [-0.3, -0.25) is 18.7 Å². The Morgan fingerprint density at radius 2 is 1.64 bits per heavy atom. The predicted molar refractivity (Wildman–Crippen MR) is 149 cm³/mol. The maximum Gasteiger partial charge on any atom is 0.410 e. The van der Waals surface area contributed by atoms with Gasteiger partial charge in [-0.15, -0.1) is 0 Å². The van der Waals surface area contributed by atoms with Gasteiger partial charge in [0.05, 0.1) is 36.2 Å². The van der Waals surface area contributed by atoms with E-state index in [1.165, 1.54) is 18.9 Å². The summed E-state index contributed by atoms with van der Waals surface area (Å²) in [5, 5.41) is 0. The molecule has 2 saturated heterocycles. The molecule has 0 radical (unpaired) electrons. The molecule has 0 unspecified atom stereocenters. The molecule has 0 aromatic heterocycles. The largest absolute Gasteiger partial charge is 0.448 e. The van der Waals surface area contributed by atoms with Crippen LogP contribution in [-0.2, 0) is 33.4 Å². The fraction of sp³-hybridized carbons (Fsp3) is 0.367. The lowest BCUT2D eigenvalue weighted by atomic mass is 9.82. The van der Waals surface area contributed by atoms with Crippen molar-refractivity contribution in [2.45, 2.75) is 30.7 Å². The molecule has 2 aliphatic carbocycles. The number of nitrogens with zero attached hydrogens (tertiary/aromatic N) is 2. The SMILES string of the molecule is CO[C@@]12[C@H](COS(C)(=O)=O)C3=C(C(=O)C(C)=C(N)C3=O)N1C[C@H]1[C@@H]2N1C(=O)OCC1c2ccccc2-c2ccccc21. The van der Waals surface area contributed by atoms with Gasteiger partial charge in [-0.25, -0.2) is 4.79 Å². The van der Waals surface area contributed by atoms with E-state index < -0.39 is 52.1 Å². The van der Waals surface area contributed by atoms with Crippen LogP contribution >= 0.6 is 0 Å². The minimum absolute atomic E-state index is 0.0476. The average Bonchev–Trinajstić information content (AvgIpc) is 3.31. The number of ether oxygens (including phenoxy) is 2. The summed E-state index contributed by atoms with van der Waals surface area (Å²) in [4.78, 5) is 43.5. The highest BCUT2D eigenvalue weighted by molar-refractivity contribution is 7.85. The molecule has 7 rings (SSSR count). The maximum atomic E-state index is 13.5. The zero-order chi connectivity index (χ0) is 29.7. The molecule has 0 spiro atoms. The van der Waals surface area contributed by atoms with Gasteiger partial charge in [0.15, 0.2) is 5.72 Å². The number of hydrogen-bond donors (Lipinski definition) is 1. The van der Waals surface area contributed by atoms with Gasteiger partial charge in [0.1, 0.15) is 12.6 Å². The summed E-state index contributed by atoms with van der Waals surface area (Å²) in [5.74, 6) is -2.13. The number of allylic oxidation sites excluding steroid dienone is 2. The molecule has 5 aliphatic rings. The van der Waals surface area contributed by atoms with E-state index in [1.54, 1.807) is 4.90 Å². The molecule has 1 amide bonds. The first-order chi connectivity index (χ1) is 20.0. The van der Waals surface area contributed by atoms with Crippen LogP contribution in [0.3, 0.4) is 0 Å². The van der Waals surface area contributed by atoms with Gasteiger partial charge in [-0.2, -0.15) is 8.42 Å². The van der Waals surface area contributed by atoms with Gasteiger partial charge in [0.2, 0.25) is 11.6 Å². The Kier molecular flexibility index (Phi) is 5.76. The van der Waals surface area contributed by atoms with Crippen LogP contribution in [0.5, 0.6) is 0 Å². The number of rotatable bonds is 6. The van der Waals surface area contributed by atoms with Gasteiger partial charge in [-0.05, 0) is 29.2 Å². The standard InChI is InChI=1S/C30H29N3O8S/c1-15-24(31)27(35)23-21(14-41-42(3,37)38)30(39-2)28-22(12-32(30)25(23)26(15)34)33(28)29(36)40-13-20-18-10-6-4-8-16(18)17-9-5-7-11-19(17)20/h4-11,20-22,28H,12-14,31H2,1-3H3/t21-,22+,28+,30-,33?/m1/s1. The monoisotopic (exact) mass is 591 g/mol. The van der Waals surface area contributed by atoms with Crippen molar-refractivity contribution in [3.05, 3.63) is 82.2 Å². The van der Waals surface area contributed by atoms with Crippen LogP contribution in [-0.4, -0.2) is 86.8 Å². The minimum Gasteiger partial charge on any atom is -0.448 e. The predicted octanol–water partition coefficient (Wildman–Crippen LogP) is 1.89. The summed E-state index contributed by atoms with van der Waals surface area (Å²) >= 11 is 0. The number of fused-ring (bicyclic) bond motifs is 7. The van der Waals surface area contributed by atoms with Crippen molar-refractivity contribution in [1.29, 1.82) is 0 Å². The van der Waals surface area contributed by atoms with E-state index in [1.807, 2.05) is 36.4 Å². The first-order valence-electron chi connectivity index (χ1n) is 13.6. The normalized spacial score (nSPS) is 27.6. The highest BCUT2D eigenvalue weighted by Gasteiger charge is 2.78. The first-order valence-corrected chi connectivity index (χ1v) is 15.4. The molecule has 3 heterocycles. The number of piperazine rings is 1. The van der Waals surface area contributed by atoms with Crippen molar-refractivity contribution in [2.24, 2.45) is 11.7 Å². The lowest BCUT2D eigenvalue weighted by Crippen LogP contribution is -2.56. The summed E-state index contributed by atoms with van der Waals surface area (Å²) < 4.78 is 41.1. The van der Waals surface area contributed by atoms with E-state index in [2.05, 4.69) is 12.1 Å². The Labute approximate surface area is 242 Å². The quantitative estimate of drug-likeness (QED) is 0.300. The molecule has 2 fully saturated rings. The minimum atomic E-state index is -3.91. The van der Waals surface area contributed by atoms with Crippen LogP contribution < -0.4 is 5.73 Å². The Hall–Kier alpha value is -4.00. The third kappa shape index (κ3) is 3.52. The summed E-state index contributed by atoms with van der Waals surface area (Å²) in [6.07, 6.45) is 0.347. The number of carbonyl (C=O) groups is 3. The first kappa shape index (κ1) is 26.9. The summed E-state index contributed by atoms with van der Waals surface area (Å²) in [5.41, 5.74) is 9.07. The third-order valence-corrected chi connectivity index (χ3v) is 9.86. The molecule has 2 aromatic carbocycles. The molecule has 218 valence electrons. The number of ketones is 2. The third-order valence-electron chi connectivity index (χ3n) is 9.29. The second-order valence-corrected chi connectivity index (χ2v) is 12.9. The van der Waals surface area contributed by atoms with E-state index in [-0.39, 0.29) is 47.7 Å². The van der Waals surface area contributed by atoms with Crippen LogP contribution in [0.1, 0.15) is 24.0 Å². The number of carbonyl (C=O) groups excluding carboxylic acids is 3. The number of methoxy groups -OCH3 is 1. The molecule has 2 aromatic rings. The fourth-order valence-corrected chi connectivity index (χ4v) is 7.80. The van der Waals surface area contributed by atoms with Crippen LogP contribution in [0.25, 0.3) is 11.1 Å². The second kappa shape index (κ2) is 9.00. The second-order valence-electron chi connectivity index (χ2n) is 11.3. The zero-order valence-electron chi connectivity index (χ0n) is 23.2. The van der Waals surface area contributed by atoms with E-state index in [0.717, 1.165) is 28.5 Å². The number of nitrogens with two attached hydrogens (primary N) is 1. The molecule has 42 heavy (non-hydrogen) atoms. The van der Waals surface area contributed by atoms with Crippen molar-refractivity contribution in [3.63, 3.8) is 0 Å². The number of amides is 1. The smallest absolute Gasteiger partial charge is 0.410 e. The van der Waals surface area contributed by atoms with E-state index in [0.29, 0.717) is 0 Å². The van der Waals surface area contributed by atoms with Crippen LogP contribution in [0.15, 0.2) is 71.1 Å². The van der Waals surface area contributed by atoms with Crippen molar-refractivity contribution in [3.8, 4) is 11.1 Å². The maximum absolute atomic E-state index is 13.5.